The second-order valence-corrected chi connectivity index (χ2v) is 11.1. The van der Waals surface area contributed by atoms with Gasteiger partial charge < -0.3 is 30.3 Å². The van der Waals surface area contributed by atoms with Gasteiger partial charge >= 0.3 is 12.0 Å². The van der Waals surface area contributed by atoms with Gasteiger partial charge in [0.25, 0.3) is 0 Å². The monoisotopic (exact) mass is 543 g/mol. The van der Waals surface area contributed by atoms with E-state index in [1.165, 1.54) is 0 Å². The molecule has 3 atom stereocenters. The van der Waals surface area contributed by atoms with Crippen LogP contribution in [0.15, 0.2) is 18.2 Å². The molecule has 0 bridgehead atoms. The van der Waals surface area contributed by atoms with Crippen molar-refractivity contribution in [3.63, 3.8) is 0 Å². The smallest absolute Gasteiger partial charge is 0.319 e. The molecule has 10 heteroatoms. The number of fused-ring (bicyclic) bond motifs is 1. The molecule has 3 aliphatic rings. The van der Waals surface area contributed by atoms with E-state index in [-0.39, 0.29) is 30.4 Å². The number of hydrogen-bond donors (Lipinski definition) is 2. The number of urea groups is 1. The van der Waals surface area contributed by atoms with Gasteiger partial charge in [0.2, 0.25) is 5.91 Å². The first kappa shape index (κ1) is 29.1. The molecule has 39 heavy (non-hydrogen) atoms. The van der Waals surface area contributed by atoms with Crippen molar-refractivity contribution in [2.24, 2.45) is 11.7 Å². The standard InChI is InChI=1S/C29H45N5O5/c1-3-4-12-32(13-6-5-11-30)26(35)20-34-19-23(21-7-8-25-22(18-21)10-17-39-25)27(28(36)37)24(34)9-14-33-16-15-31(2)29(33)38/h7-8,18,23-24,27H,3-6,9-17,19-20,30H2,1-2H3,(H,36,37)/t23-,24+,27-/m1/s1. The normalized spacial score (nSPS) is 22.8. The van der Waals surface area contributed by atoms with Gasteiger partial charge in [0.05, 0.1) is 19.1 Å². The highest BCUT2D eigenvalue weighted by Gasteiger charge is 2.47. The first-order chi connectivity index (χ1) is 18.8. The van der Waals surface area contributed by atoms with Crippen molar-refractivity contribution >= 4 is 17.9 Å². The molecule has 3 amide bonds. The summed E-state index contributed by atoms with van der Waals surface area (Å²) in [6.45, 7) is 7.17. The van der Waals surface area contributed by atoms with Gasteiger partial charge in [-0.05, 0) is 49.4 Å². The first-order valence-electron chi connectivity index (χ1n) is 14.5. The Morgan fingerprint density at radius 3 is 2.67 bits per heavy atom. The van der Waals surface area contributed by atoms with Crippen LogP contribution in [-0.2, 0) is 16.0 Å². The number of rotatable bonds is 14. The fourth-order valence-corrected chi connectivity index (χ4v) is 6.26. The molecule has 3 N–H and O–H groups in total. The number of aliphatic carboxylic acids is 1. The molecule has 1 aromatic carbocycles. The summed E-state index contributed by atoms with van der Waals surface area (Å²) < 4.78 is 5.67. The lowest BCUT2D eigenvalue weighted by molar-refractivity contribution is -0.144. The van der Waals surface area contributed by atoms with E-state index in [9.17, 15) is 19.5 Å². The molecule has 216 valence electrons. The van der Waals surface area contributed by atoms with E-state index in [0.717, 1.165) is 49.0 Å². The van der Waals surface area contributed by atoms with Gasteiger partial charge in [0.15, 0.2) is 0 Å². The van der Waals surface area contributed by atoms with Gasteiger partial charge in [-0.3, -0.25) is 14.5 Å². The van der Waals surface area contributed by atoms with Crippen LogP contribution in [0, 0.1) is 5.92 Å². The summed E-state index contributed by atoms with van der Waals surface area (Å²) in [5.41, 5.74) is 7.78. The molecule has 0 saturated carbocycles. The number of amides is 3. The lowest BCUT2D eigenvalue weighted by atomic mass is 9.83. The number of carbonyl (C=O) groups excluding carboxylic acids is 2. The van der Waals surface area contributed by atoms with Crippen molar-refractivity contribution in [2.45, 2.75) is 57.4 Å². The van der Waals surface area contributed by atoms with Crippen LogP contribution in [0.1, 0.15) is 56.1 Å². The average molecular weight is 544 g/mol. The van der Waals surface area contributed by atoms with Gasteiger partial charge in [0, 0.05) is 64.7 Å². The number of unbranched alkanes of at least 4 members (excludes halogenated alkanes) is 2. The largest absolute Gasteiger partial charge is 0.493 e. The predicted molar refractivity (Wildman–Crippen MR) is 149 cm³/mol. The summed E-state index contributed by atoms with van der Waals surface area (Å²) in [7, 11) is 1.78. The van der Waals surface area contributed by atoms with Crippen LogP contribution in [0.5, 0.6) is 5.75 Å². The van der Waals surface area contributed by atoms with Crippen molar-refractivity contribution in [1.29, 1.82) is 0 Å². The van der Waals surface area contributed by atoms with E-state index in [1.54, 1.807) is 16.8 Å². The molecule has 10 nitrogen and oxygen atoms in total. The molecule has 0 radical (unpaired) electrons. The summed E-state index contributed by atoms with van der Waals surface area (Å²) in [5, 5.41) is 10.5. The molecular weight excluding hydrogens is 498 g/mol. The van der Waals surface area contributed by atoms with Crippen molar-refractivity contribution in [3.05, 3.63) is 29.3 Å². The second-order valence-electron chi connectivity index (χ2n) is 11.1. The molecule has 3 aliphatic heterocycles. The second kappa shape index (κ2) is 13.5. The van der Waals surface area contributed by atoms with Gasteiger partial charge in [-0.25, -0.2) is 4.79 Å². The molecule has 3 heterocycles. The zero-order valence-corrected chi connectivity index (χ0v) is 23.5. The number of carbonyl (C=O) groups is 3. The van der Waals surface area contributed by atoms with Crippen LogP contribution < -0.4 is 10.5 Å². The Morgan fingerprint density at radius 2 is 1.97 bits per heavy atom. The molecule has 0 spiro atoms. The molecule has 0 unspecified atom stereocenters. The lowest BCUT2D eigenvalue weighted by Crippen LogP contribution is -2.46. The lowest BCUT2D eigenvalue weighted by Gasteiger charge is -2.30. The molecule has 1 aromatic rings. The third kappa shape index (κ3) is 6.84. The van der Waals surface area contributed by atoms with E-state index in [2.05, 4.69) is 17.9 Å². The Balaban J connectivity index is 1.56. The average Bonchev–Trinajstić information content (AvgIpc) is 3.62. The minimum absolute atomic E-state index is 0.0247. The minimum atomic E-state index is -0.854. The Kier molecular flexibility index (Phi) is 10.1. The van der Waals surface area contributed by atoms with E-state index in [0.29, 0.717) is 58.8 Å². The third-order valence-corrected chi connectivity index (χ3v) is 8.53. The van der Waals surface area contributed by atoms with E-state index in [1.807, 2.05) is 17.0 Å². The zero-order valence-electron chi connectivity index (χ0n) is 23.5. The number of nitrogens with zero attached hydrogens (tertiary/aromatic N) is 4. The van der Waals surface area contributed by atoms with Gasteiger partial charge in [-0.1, -0.05) is 25.5 Å². The van der Waals surface area contributed by atoms with Crippen LogP contribution in [0.4, 0.5) is 4.79 Å². The maximum absolute atomic E-state index is 13.6. The number of benzene rings is 1. The number of carboxylic acids is 1. The Hall–Kier alpha value is -2.85. The highest BCUT2D eigenvalue weighted by molar-refractivity contribution is 5.79. The summed E-state index contributed by atoms with van der Waals surface area (Å²) in [6, 6.07) is 5.64. The summed E-state index contributed by atoms with van der Waals surface area (Å²) in [6.07, 6.45) is 4.98. The number of nitrogens with two attached hydrogens (primary N) is 1. The van der Waals surface area contributed by atoms with Crippen LogP contribution in [0.25, 0.3) is 0 Å². The van der Waals surface area contributed by atoms with Crippen LogP contribution in [0.3, 0.4) is 0 Å². The van der Waals surface area contributed by atoms with Crippen LogP contribution in [0.2, 0.25) is 0 Å². The highest BCUT2D eigenvalue weighted by Crippen LogP contribution is 2.41. The van der Waals surface area contributed by atoms with Crippen molar-refractivity contribution < 1.29 is 24.2 Å². The molecule has 0 aliphatic carbocycles. The number of hydrogen-bond acceptors (Lipinski definition) is 6. The highest BCUT2D eigenvalue weighted by atomic mass is 16.5. The molecule has 0 aromatic heterocycles. The maximum atomic E-state index is 13.6. The SMILES string of the molecule is CCCCN(CCCCN)C(=O)CN1C[C@H](c2ccc3c(c2)CCO3)[C@@H](C(=O)O)[C@@H]1CCN1CCN(C)C1=O. The van der Waals surface area contributed by atoms with Crippen LogP contribution >= 0.6 is 0 Å². The predicted octanol–water partition coefficient (Wildman–Crippen LogP) is 2.22. The molecule has 4 rings (SSSR count). The Morgan fingerprint density at radius 1 is 1.18 bits per heavy atom. The number of likely N-dealkylation sites (tertiary alicyclic amines) is 1. The van der Waals surface area contributed by atoms with Crippen molar-refractivity contribution in [3.8, 4) is 5.75 Å². The number of likely N-dealkylation sites (N-methyl/N-ethyl adjacent to an activating group) is 1. The van der Waals surface area contributed by atoms with Gasteiger partial charge in [0.1, 0.15) is 5.75 Å². The van der Waals surface area contributed by atoms with E-state index in [4.69, 9.17) is 10.5 Å². The summed E-state index contributed by atoms with van der Waals surface area (Å²) >= 11 is 0. The number of ether oxygens (including phenoxy) is 1. The Bertz CT molecular complexity index is 1020. The fraction of sp³-hybridized carbons (Fsp3) is 0.690. The number of carboxylic acid groups (broad SMARTS) is 1. The quantitative estimate of drug-likeness (QED) is 0.345. The topological polar surface area (TPSA) is 120 Å². The molecular formula is C29H45N5O5. The van der Waals surface area contributed by atoms with E-state index >= 15 is 0 Å². The Labute approximate surface area is 232 Å². The first-order valence-corrected chi connectivity index (χ1v) is 14.5. The minimum Gasteiger partial charge on any atom is -0.493 e. The summed E-state index contributed by atoms with van der Waals surface area (Å²) in [4.78, 5) is 46.4. The van der Waals surface area contributed by atoms with Gasteiger partial charge in [-0.2, -0.15) is 0 Å². The summed E-state index contributed by atoms with van der Waals surface area (Å²) in [5.74, 6) is -0.866. The van der Waals surface area contributed by atoms with E-state index < -0.39 is 11.9 Å². The fourth-order valence-electron chi connectivity index (χ4n) is 6.26. The zero-order chi connectivity index (χ0) is 27.9. The van der Waals surface area contributed by atoms with Crippen molar-refractivity contribution in [2.75, 3.05) is 66.0 Å². The van der Waals surface area contributed by atoms with Crippen molar-refractivity contribution in [1.82, 2.24) is 19.6 Å². The molecule has 2 fully saturated rings. The van der Waals surface area contributed by atoms with Gasteiger partial charge in [-0.15, -0.1) is 0 Å². The third-order valence-electron chi connectivity index (χ3n) is 8.53. The van der Waals surface area contributed by atoms with Crippen LogP contribution in [-0.4, -0.2) is 115 Å². The molecule has 2 saturated heterocycles. The maximum Gasteiger partial charge on any atom is 0.319 e.